The Morgan fingerprint density at radius 1 is 1.37 bits per heavy atom. The van der Waals surface area contributed by atoms with Crippen molar-refractivity contribution in [2.24, 2.45) is 5.92 Å². The Morgan fingerprint density at radius 2 is 2.22 bits per heavy atom. The summed E-state index contributed by atoms with van der Waals surface area (Å²) in [6.07, 6.45) is 3.43. The molecule has 1 fully saturated rings. The molecule has 1 saturated heterocycles. The number of hydrogen-bond acceptors (Lipinski definition) is 5. The van der Waals surface area contributed by atoms with E-state index in [9.17, 15) is 13.6 Å². The van der Waals surface area contributed by atoms with E-state index in [1.807, 2.05) is 0 Å². The monoisotopic (exact) mass is 375 g/mol. The summed E-state index contributed by atoms with van der Waals surface area (Å²) in [6, 6.07) is 1.38. The highest BCUT2D eigenvalue weighted by molar-refractivity contribution is 5.90. The van der Waals surface area contributed by atoms with Gasteiger partial charge in [0.05, 0.1) is 5.69 Å². The molecule has 142 valence electrons. The molecule has 2 atom stereocenters. The zero-order valence-electron chi connectivity index (χ0n) is 14.7. The Balaban J connectivity index is 1.73. The molecule has 0 unspecified atom stereocenters. The van der Waals surface area contributed by atoms with Crippen LogP contribution in [0.5, 0.6) is 0 Å². The van der Waals surface area contributed by atoms with Gasteiger partial charge >= 0.3 is 0 Å². The van der Waals surface area contributed by atoms with Gasteiger partial charge in [-0.2, -0.15) is 10.1 Å². The number of carbonyl (C=O) groups excluding carboxylic acids is 1. The third kappa shape index (κ3) is 3.26. The number of H-pyrrole nitrogens is 1. The van der Waals surface area contributed by atoms with Crippen LogP contribution in [0.1, 0.15) is 54.1 Å². The van der Waals surface area contributed by atoms with Gasteiger partial charge in [0, 0.05) is 31.4 Å². The minimum atomic E-state index is -2.70. The maximum atomic E-state index is 13.3. The molecule has 0 spiro atoms. The highest BCUT2D eigenvalue weighted by Gasteiger charge is 2.32. The number of aromatic amines is 1. The number of imidazole rings is 1. The first kappa shape index (κ1) is 17.5. The van der Waals surface area contributed by atoms with Crippen LogP contribution in [-0.4, -0.2) is 53.4 Å². The topological polar surface area (TPSA) is 92.1 Å². The Labute approximate surface area is 153 Å². The van der Waals surface area contributed by atoms with Gasteiger partial charge in [-0.1, -0.05) is 6.92 Å². The van der Waals surface area contributed by atoms with E-state index in [2.05, 4.69) is 32.0 Å². The molecule has 27 heavy (non-hydrogen) atoms. The van der Waals surface area contributed by atoms with Gasteiger partial charge in [0.1, 0.15) is 12.0 Å². The van der Waals surface area contributed by atoms with Crippen molar-refractivity contribution in [3.8, 4) is 0 Å². The number of halogens is 2. The van der Waals surface area contributed by atoms with Crippen LogP contribution in [0.3, 0.4) is 0 Å². The molecule has 3 aromatic heterocycles. The van der Waals surface area contributed by atoms with Crippen LogP contribution < -0.4 is 0 Å². The number of alkyl halides is 2. The molecule has 8 nitrogen and oxygen atoms in total. The third-order valence-electron chi connectivity index (χ3n) is 5.08. The van der Waals surface area contributed by atoms with Crippen molar-refractivity contribution in [1.82, 2.24) is 34.4 Å². The molecule has 1 aliphatic rings. The fourth-order valence-electron chi connectivity index (χ4n) is 3.65. The van der Waals surface area contributed by atoms with Crippen molar-refractivity contribution in [3.05, 3.63) is 42.0 Å². The highest BCUT2D eigenvalue weighted by Crippen LogP contribution is 2.33. The lowest BCUT2D eigenvalue weighted by atomic mass is 9.88. The van der Waals surface area contributed by atoms with Crippen LogP contribution in [0.25, 0.3) is 5.78 Å². The maximum absolute atomic E-state index is 13.3. The van der Waals surface area contributed by atoms with Gasteiger partial charge in [-0.05, 0) is 24.8 Å². The van der Waals surface area contributed by atoms with Crippen LogP contribution in [0.4, 0.5) is 8.78 Å². The first-order valence-electron chi connectivity index (χ1n) is 8.82. The van der Waals surface area contributed by atoms with Gasteiger partial charge in [-0.15, -0.1) is 0 Å². The second kappa shape index (κ2) is 7.01. The Kier molecular flexibility index (Phi) is 4.54. The third-order valence-corrected chi connectivity index (χ3v) is 5.08. The van der Waals surface area contributed by atoms with Crippen molar-refractivity contribution in [3.63, 3.8) is 0 Å². The summed E-state index contributed by atoms with van der Waals surface area (Å²) in [6.45, 7) is 3.05. The SMILES string of the molecule is C[C@@H]1CCCN(C(=O)c2ncc[nH]2)C[C@H]1c1cc(C(F)F)nc2ncnn12. The second-order valence-electron chi connectivity index (χ2n) is 6.79. The number of likely N-dealkylation sites (tertiary alicyclic amines) is 1. The van der Waals surface area contributed by atoms with E-state index >= 15 is 0 Å². The molecule has 4 rings (SSSR count). The molecule has 0 aromatic carbocycles. The molecular formula is C17H19F2N7O. The van der Waals surface area contributed by atoms with Crippen molar-refractivity contribution in [2.75, 3.05) is 13.1 Å². The lowest BCUT2D eigenvalue weighted by Gasteiger charge is -2.27. The molecule has 1 aliphatic heterocycles. The zero-order chi connectivity index (χ0) is 19.0. The van der Waals surface area contributed by atoms with Crippen molar-refractivity contribution >= 4 is 11.7 Å². The fraction of sp³-hybridized carbons (Fsp3) is 0.471. The minimum Gasteiger partial charge on any atom is -0.341 e. The molecule has 3 aromatic rings. The van der Waals surface area contributed by atoms with Crippen molar-refractivity contribution < 1.29 is 13.6 Å². The summed E-state index contributed by atoms with van der Waals surface area (Å²) in [5, 5.41) is 4.16. The molecular weight excluding hydrogens is 356 g/mol. The Bertz CT molecular complexity index is 940. The molecule has 1 amide bonds. The molecule has 0 bridgehead atoms. The van der Waals surface area contributed by atoms with Crippen LogP contribution in [0.2, 0.25) is 0 Å². The maximum Gasteiger partial charge on any atom is 0.289 e. The van der Waals surface area contributed by atoms with E-state index < -0.39 is 6.43 Å². The van der Waals surface area contributed by atoms with Crippen LogP contribution in [-0.2, 0) is 0 Å². The largest absolute Gasteiger partial charge is 0.341 e. The van der Waals surface area contributed by atoms with Gasteiger partial charge < -0.3 is 9.88 Å². The van der Waals surface area contributed by atoms with E-state index in [-0.39, 0.29) is 35.0 Å². The van der Waals surface area contributed by atoms with E-state index in [4.69, 9.17) is 0 Å². The molecule has 10 heteroatoms. The summed E-state index contributed by atoms with van der Waals surface area (Å²) < 4.78 is 28.1. The number of nitrogens with zero attached hydrogens (tertiary/aromatic N) is 6. The lowest BCUT2D eigenvalue weighted by Crippen LogP contribution is -2.36. The summed E-state index contributed by atoms with van der Waals surface area (Å²) in [4.78, 5) is 29.2. The summed E-state index contributed by atoms with van der Waals surface area (Å²) in [5.74, 6) is 0.230. The standard InChI is InChI=1S/C17H19F2N7O/c1-10-3-2-6-25(16(27)15-20-4-5-21-15)8-11(10)13-7-12(14(18)19)24-17-22-9-23-26(13)17/h4-5,7,9-11,14H,2-3,6,8H2,1H3,(H,20,21)/t10-,11-/m1/s1. The van der Waals surface area contributed by atoms with Gasteiger partial charge in [-0.25, -0.2) is 23.3 Å². The quantitative estimate of drug-likeness (QED) is 0.759. The molecule has 0 radical (unpaired) electrons. The van der Waals surface area contributed by atoms with E-state index in [1.54, 1.807) is 11.1 Å². The van der Waals surface area contributed by atoms with Gasteiger partial charge in [-0.3, -0.25) is 4.79 Å². The average Bonchev–Trinajstić information content (AvgIpc) is 3.31. The number of nitrogens with one attached hydrogen (secondary N) is 1. The number of fused-ring (bicyclic) bond motifs is 1. The molecule has 0 aliphatic carbocycles. The van der Waals surface area contributed by atoms with Crippen LogP contribution in [0, 0.1) is 5.92 Å². The van der Waals surface area contributed by atoms with Crippen LogP contribution in [0.15, 0.2) is 24.8 Å². The Morgan fingerprint density at radius 3 is 2.96 bits per heavy atom. The molecule has 0 saturated carbocycles. The van der Waals surface area contributed by atoms with Crippen molar-refractivity contribution in [2.45, 2.75) is 32.1 Å². The highest BCUT2D eigenvalue weighted by atomic mass is 19.3. The van der Waals surface area contributed by atoms with E-state index in [0.29, 0.717) is 18.8 Å². The fourth-order valence-corrected chi connectivity index (χ4v) is 3.65. The first-order valence-corrected chi connectivity index (χ1v) is 8.82. The predicted octanol–water partition coefficient (Wildman–Crippen LogP) is 2.44. The number of hydrogen-bond donors (Lipinski definition) is 1. The van der Waals surface area contributed by atoms with Gasteiger partial charge in [0.25, 0.3) is 18.1 Å². The van der Waals surface area contributed by atoms with Gasteiger partial charge in [0.15, 0.2) is 5.82 Å². The normalized spacial score (nSPS) is 21.0. The molecule has 1 N–H and O–H groups in total. The van der Waals surface area contributed by atoms with Gasteiger partial charge in [0.2, 0.25) is 0 Å². The first-order chi connectivity index (χ1) is 13.0. The lowest BCUT2D eigenvalue weighted by molar-refractivity contribution is 0.0739. The number of amides is 1. The van der Waals surface area contributed by atoms with Crippen molar-refractivity contribution in [1.29, 1.82) is 0 Å². The minimum absolute atomic E-state index is 0.142. The van der Waals surface area contributed by atoms with Crippen LogP contribution >= 0.6 is 0 Å². The summed E-state index contributed by atoms with van der Waals surface area (Å²) in [7, 11) is 0. The average molecular weight is 375 g/mol. The second-order valence-corrected chi connectivity index (χ2v) is 6.79. The smallest absolute Gasteiger partial charge is 0.289 e. The van der Waals surface area contributed by atoms with E-state index in [0.717, 1.165) is 12.8 Å². The predicted molar refractivity (Wildman–Crippen MR) is 91.4 cm³/mol. The van der Waals surface area contributed by atoms with E-state index in [1.165, 1.54) is 23.1 Å². The number of rotatable bonds is 3. The summed E-state index contributed by atoms with van der Waals surface area (Å²) in [5.41, 5.74) is 0.269. The number of aromatic nitrogens is 6. The molecule has 4 heterocycles. The number of carbonyl (C=O) groups is 1. The zero-order valence-corrected chi connectivity index (χ0v) is 14.7. The summed E-state index contributed by atoms with van der Waals surface area (Å²) >= 11 is 0. The Hall–Kier alpha value is -2.91.